The highest BCUT2D eigenvalue weighted by Gasteiger charge is 2.37. The van der Waals surface area contributed by atoms with Crippen LogP contribution in [-0.2, 0) is 4.79 Å². The normalized spacial score (nSPS) is 15.5. The van der Waals surface area contributed by atoms with Gasteiger partial charge >= 0.3 is 0 Å². The van der Waals surface area contributed by atoms with Crippen LogP contribution in [0.1, 0.15) is 15.9 Å². The first-order valence-electron chi connectivity index (χ1n) is 7.29. The molecular weight excluding hydrogens is 431 g/mol. The van der Waals surface area contributed by atoms with E-state index in [4.69, 9.17) is 35.4 Å². The van der Waals surface area contributed by atoms with Crippen molar-refractivity contribution in [1.82, 2.24) is 4.90 Å². The Morgan fingerprint density at radius 3 is 2.63 bits per heavy atom. The third kappa shape index (κ3) is 4.03. The number of thiocarbonyl (C=S) groups is 1. The van der Waals surface area contributed by atoms with Gasteiger partial charge < -0.3 is 0 Å². The first-order chi connectivity index (χ1) is 12.8. The predicted octanol–water partition coefficient (Wildman–Crippen LogP) is 4.94. The van der Waals surface area contributed by atoms with E-state index in [1.54, 1.807) is 12.1 Å². The molecule has 0 aliphatic carbocycles. The number of carbonyl (C=O) groups is 2. The Morgan fingerprint density at radius 2 is 1.96 bits per heavy atom. The molecule has 27 heavy (non-hydrogen) atoms. The molecular formula is C17H8Cl2N2O4S2. The second-order valence-electron chi connectivity index (χ2n) is 5.30. The van der Waals surface area contributed by atoms with E-state index >= 15 is 0 Å². The molecule has 1 heterocycles. The van der Waals surface area contributed by atoms with Gasteiger partial charge in [0, 0.05) is 27.7 Å². The molecule has 0 bridgehead atoms. The van der Waals surface area contributed by atoms with Crippen molar-refractivity contribution < 1.29 is 14.5 Å². The number of benzene rings is 2. The fourth-order valence-corrected chi connectivity index (χ4v) is 3.99. The lowest BCUT2D eigenvalue weighted by Gasteiger charge is -2.12. The van der Waals surface area contributed by atoms with Crippen LogP contribution in [0.15, 0.2) is 47.4 Å². The number of nitro benzene ring substituents is 1. The zero-order chi connectivity index (χ0) is 19.7. The number of hydrogen-bond acceptors (Lipinski definition) is 6. The number of thioether (sulfide) groups is 1. The Balaban J connectivity index is 1.92. The second kappa shape index (κ2) is 7.77. The van der Waals surface area contributed by atoms with E-state index in [9.17, 15) is 19.7 Å². The van der Waals surface area contributed by atoms with Gasteiger partial charge in [-0.25, -0.2) is 4.90 Å². The third-order valence-corrected chi connectivity index (χ3v) is 5.41. The van der Waals surface area contributed by atoms with Crippen LogP contribution >= 0.6 is 47.2 Å². The van der Waals surface area contributed by atoms with E-state index in [0.717, 1.165) is 22.7 Å². The second-order valence-corrected chi connectivity index (χ2v) is 7.81. The lowest BCUT2D eigenvalue weighted by molar-refractivity contribution is -0.384. The summed E-state index contributed by atoms with van der Waals surface area (Å²) in [5, 5.41) is 11.7. The van der Waals surface area contributed by atoms with Gasteiger partial charge in [0.05, 0.1) is 9.83 Å². The predicted molar refractivity (Wildman–Crippen MR) is 109 cm³/mol. The summed E-state index contributed by atoms with van der Waals surface area (Å²) >= 11 is 18.1. The van der Waals surface area contributed by atoms with Gasteiger partial charge in [-0.3, -0.25) is 19.7 Å². The summed E-state index contributed by atoms with van der Waals surface area (Å²) in [6.45, 7) is 0. The van der Waals surface area contributed by atoms with Gasteiger partial charge in [0.15, 0.2) is 4.32 Å². The van der Waals surface area contributed by atoms with Crippen molar-refractivity contribution in [2.45, 2.75) is 0 Å². The van der Waals surface area contributed by atoms with Crippen LogP contribution in [0.3, 0.4) is 0 Å². The summed E-state index contributed by atoms with van der Waals surface area (Å²) < 4.78 is 0.0350. The molecule has 2 amide bonds. The molecule has 2 aromatic carbocycles. The Hall–Kier alpha value is -2.26. The minimum Gasteiger partial charge on any atom is -0.268 e. The SMILES string of the molecule is O=C1C(=Cc2ccc(Cl)cc2Cl)SC(=S)N1C(=O)c1cccc([N+](=O)[O-])c1. The van der Waals surface area contributed by atoms with Gasteiger partial charge in [-0.2, -0.15) is 0 Å². The Morgan fingerprint density at radius 1 is 1.22 bits per heavy atom. The fraction of sp³-hybridized carbons (Fsp3) is 0. The molecule has 1 saturated heterocycles. The minimum absolute atomic E-state index is 0.00808. The molecule has 2 aromatic rings. The van der Waals surface area contributed by atoms with Crippen molar-refractivity contribution in [3.63, 3.8) is 0 Å². The van der Waals surface area contributed by atoms with Gasteiger partial charge in [0.25, 0.3) is 17.5 Å². The highest BCUT2D eigenvalue weighted by molar-refractivity contribution is 8.26. The van der Waals surface area contributed by atoms with E-state index < -0.39 is 16.7 Å². The lowest BCUT2D eigenvalue weighted by Crippen LogP contribution is -2.34. The Kier molecular flexibility index (Phi) is 5.61. The van der Waals surface area contributed by atoms with Crippen molar-refractivity contribution in [2.75, 3.05) is 0 Å². The summed E-state index contributed by atoms with van der Waals surface area (Å²) in [5.41, 5.74) is 0.283. The number of rotatable bonds is 3. The summed E-state index contributed by atoms with van der Waals surface area (Å²) in [6, 6.07) is 9.89. The van der Waals surface area contributed by atoms with Crippen LogP contribution in [0, 0.1) is 10.1 Å². The first-order valence-corrected chi connectivity index (χ1v) is 9.28. The number of imide groups is 1. The molecule has 0 spiro atoms. The molecule has 0 N–H and O–H groups in total. The Bertz CT molecular complexity index is 1040. The number of amides is 2. The first kappa shape index (κ1) is 19.5. The van der Waals surface area contributed by atoms with Gasteiger partial charge in [0.2, 0.25) is 0 Å². The average Bonchev–Trinajstić information content (AvgIpc) is 2.90. The maximum Gasteiger partial charge on any atom is 0.273 e. The standard InChI is InChI=1S/C17H8Cl2N2O4S2/c18-11-5-4-9(13(19)8-11)7-14-16(23)20(17(26)27-14)15(22)10-2-1-3-12(6-10)21(24)25/h1-8H. The molecule has 6 nitrogen and oxygen atoms in total. The van der Waals surface area contributed by atoms with E-state index in [2.05, 4.69) is 0 Å². The minimum atomic E-state index is -0.730. The van der Waals surface area contributed by atoms with E-state index in [-0.39, 0.29) is 20.5 Å². The summed E-state index contributed by atoms with van der Waals surface area (Å²) in [4.78, 5) is 36.6. The molecule has 136 valence electrons. The molecule has 3 rings (SSSR count). The number of halogens is 2. The van der Waals surface area contributed by atoms with E-state index in [1.165, 1.54) is 30.3 Å². The van der Waals surface area contributed by atoms with Crippen LogP contribution in [0.4, 0.5) is 5.69 Å². The molecule has 0 unspecified atom stereocenters. The van der Waals surface area contributed by atoms with Crippen LogP contribution in [0.25, 0.3) is 6.08 Å². The molecule has 1 aliphatic heterocycles. The zero-order valence-electron chi connectivity index (χ0n) is 13.2. The summed E-state index contributed by atoms with van der Waals surface area (Å²) in [6.07, 6.45) is 1.51. The molecule has 0 saturated carbocycles. The van der Waals surface area contributed by atoms with Crippen molar-refractivity contribution in [3.8, 4) is 0 Å². The molecule has 0 aromatic heterocycles. The van der Waals surface area contributed by atoms with Crippen molar-refractivity contribution in [3.05, 3.63) is 78.7 Å². The number of hydrogen-bond donors (Lipinski definition) is 0. The van der Waals surface area contributed by atoms with Gasteiger partial charge in [-0.05, 0) is 29.8 Å². The molecule has 1 aliphatic rings. The van der Waals surface area contributed by atoms with Gasteiger partial charge in [-0.1, -0.05) is 59.3 Å². The quantitative estimate of drug-likeness (QED) is 0.222. The maximum absolute atomic E-state index is 12.7. The lowest BCUT2D eigenvalue weighted by atomic mass is 10.1. The molecule has 10 heteroatoms. The van der Waals surface area contributed by atoms with E-state index in [1.807, 2.05) is 0 Å². The summed E-state index contributed by atoms with van der Waals surface area (Å²) in [5.74, 6) is -1.35. The number of carbonyl (C=O) groups excluding carboxylic acids is 2. The topological polar surface area (TPSA) is 80.5 Å². The molecule has 0 atom stereocenters. The highest BCUT2D eigenvalue weighted by atomic mass is 35.5. The van der Waals surface area contributed by atoms with Crippen LogP contribution in [0.2, 0.25) is 10.0 Å². The highest BCUT2D eigenvalue weighted by Crippen LogP contribution is 2.35. The molecule has 0 radical (unpaired) electrons. The smallest absolute Gasteiger partial charge is 0.268 e. The van der Waals surface area contributed by atoms with Crippen LogP contribution in [-0.4, -0.2) is 26.0 Å². The van der Waals surface area contributed by atoms with Gasteiger partial charge in [-0.15, -0.1) is 0 Å². The fourth-order valence-electron chi connectivity index (χ4n) is 2.28. The van der Waals surface area contributed by atoms with E-state index in [0.29, 0.717) is 15.6 Å². The van der Waals surface area contributed by atoms with Crippen molar-refractivity contribution in [1.29, 1.82) is 0 Å². The molecule has 1 fully saturated rings. The maximum atomic E-state index is 12.7. The Labute approximate surface area is 172 Å². The largest absolute Gasteiger partial charge is 0.273 e. The van der Waals surface area contributed by atoms with Gasteiger partial charge in [0.1, 0.15) is 0 Å². The van der Waals surface area contributed by atoms with Crippen molar-refractivity contribution in [2.24, 2.45) is 0 Å². The van der Waals surface area contributed by atoms with Crippen LogP contribution < -0.4 is 0 Å². The zero-order valence-corrected chi connectivity index (χ0v) is 16.4. The number of nitrogens with zero attached hydrogens (tertiary/aromatic N) is 2. The number of non-ortho nitro benzene ring substituents is 1. The third-order valence-electron chi connectivity index (χ3n) is 3.55. The summed E-state index contributed by atoms with van der Waals surface area (Å²) in [7, 11) is 0. The average molecular weight is 439 g/mol. The number of nitro groups is 1. The van der Waals surface area contributed by atoms with Crippen LogP contribution in [0.5, 0.6) is 0 Å². The van der Waals surface area contributed by atoms with Crippen molar-refractivity contribution >= 4 is 75.1 Å². The monoisotopic (exact) mass is 438 g/mol.